The molecular weight excluding hydrogens is 329 g/mol. The first-order valence-electron chi connectivity index (χ1n) is 7.44. The van der Waals surface area contributed by atoms with Crippen LogP contribution in [-0.4, -0.2) is 25.0 Å². The van der Waals surface area contributed by atoms with Crippen LogP contribution in [0.25, 0.3) is 0 Å². The molecule has 3 nitrogen and oxygen atoms in total. The Morgan fingerprint density at radius 1 is 1.26 bits per heavy atom. The van der Waals surface area contributed by atoms with Gasteiger partial charge in [0.1, 0.15) is 0 Å². The Labute approximate surface area is 140 Å². The van der Waals surface area contributed by atoms with Crippen LogP contribution in [0, 0.1) is 11.8 Å². The molecule has 1 amide bonds. The molecule has 1 heterocycles. The second-order valence-corrected chi connectivity index (χ2v) is 6.02. The number of benzene rings is 1. The summed E-state index contributed by atoms with van der Waals surface area (Å²) in [5.74, 6) is 0.334. The van der Waals surface area contributed by atoms with E-state index in [4.69, 9.17) is 0 Å². The zero-order valence-electron chi connectivity index (χ0n) is 13.1. The fourth-order valence-corrected chi connectivity index (χ4v) is 2.49. The largest absolute Gasteiger partial charge is 0.416 e. The first-order valence-corrected chi connectivity index (χ1v) is 7.44. The van der Waals surface area contributed by atoms with Crippen molar-refractivity contribution in [3.8, 4) is 0 Å². The van der Waals surface area contributed by atoms with E-state index in [0.717, 1.165) is 30.8 Å². The molecular formula is C16H22ClF3N2O. The van der Waals surface area contributed by atoms with Gasteiger partial charge in [-0.2, -0.15) is 13.2 Å². The Balaban J connectivity index is 0.00000264. The summed E-state index contributed by atoms with van der Waals surface area (Å²) >= 11 is 0. The third-order valence-corrected chi connectivity index (χ3v) is 4.15. The van der Waals surface area contributed by atoms with Crippen molar-refractivity contribution in [2.45, 2.75) is 32.5 Å². The van der Waals surface area contributed by atoms with Crippen LogP contribution in [0.5, 0.6) is 0 Å². The van der Waals surface area contributed by atoms with Crippen LogP contribution in [0.4, 0.5) is 13.2 Å². The van der Waals surface area contributed by atoms with Gasteiger partial charge in [-0.25, -0.2) is 0 Å². The minimum absolute atomic E-state index is 0. The topological polar surface area (TPSA) is 41.1 Å². The first kappa shape index (κ1) is 19.8. The Hall–Kier alpha value is -1.27. The zero-order chi connectivity index (χ0) is 16.3. The van der Waals surface area contributed by atoms with E-state index in [1.54, 1.807) is 0 Å². The Morgan fingerprint density at radius 2 is 1.83 bits per heavy atom. The third kappa shape index (κ3) is 5.39. The maximum Gasteiger partial charge on any atom is 0.416 e. The van der Waals surface area contributed by atoms with Crippen molar-refractivity contribution in [2.75, 3.05) is 13.1 Å². The summed E-state index contributed by atoms with van der Waals surface area (Å²) in [6.07, 6.45) is -3.80. The van der Waals surface area contributed by atoms with Gasteiger partial charge in [0.15, 0.2) is 0 Å². The van der Waals surface area contributed by atoms with Gasteiger partial charge in [-0.05, 0) is 50.0 Å². The summed E-state index contributed by atoms with van der Waals surface area (Å²) in [5.41, 5.74) is 0.123. The van der Waals surface area contributed by atoms with Gasteiger partial charge in [0.2, 0.25) is 5.91 Å². The molecule has 2 atom stereocenters. The molecule has 1 fully saturated rings. The molecule has 2 unspecified atom stereocenters. The fraction of sp³-hybridized carbons (Fsp3) is 0.562. The van der Waals surface area contributed by atoms with E-state index >= 15 is 0 Å². The highest BCUT2D eigenvalue weighted by Crippen LogP contribution is 2.29. The number of nitrogens with one attached hydrogen (secondary N) is 2. The lowest BCUT2D eigenvalue weighted by molar-refractivity contribution is -0.137. The number of carbonyl (C=O) groups excluding carboxylic acids is 1. The average molecular weight is 351 g/mol. The van der Waals surface area contributed by atoms with Crippen LogP contribution in [0.15, 0.2) is 24.3 Å². The zero-order valence-corrected chi connectivity index (χ0v) is 13.9. The Bertz CT molecular complexity index is 515. The lowest BCUT2D eigenvalue weighted by Crippen LogP contribution is -2.50. The molecule has 1 aliphatic heterocycles. The molecule has 0 bridgehead atoms. The molecule has 23 heavy (non-hydrogen) atoms. The molecule has 1 aromatic carbocycles. The van der Waals surface area contributed by atoms with Gasteiger partial charge in [-0.3, -0.25) is 4.79 Å². The SMILES string of the molecule is CC(Cc1ccc(C(F)(F)F)cc1)NC(=O)C(C)C1CNC1.Cl. The standard InChI is InChI=1S/C16H21F3N2O.ClH/c1-10(21-15(22)11(2)13-8-20-9-13)7-12-3-5-14(6-4-12)16(17,18)19;/h3-6,10-11,13,20H,7-9H2,1-2H3,(H,21,22);1H. The predicted octanol–water partition coefficient (Wildman–Crippen LogP) is 3.03. The molecule has 0 radical (unpaired) electrons. The smallest absolute Gasteiger partial charge is 0.353 e. The van der Waals surface area contributed by atoms with Crippen LogP contribution in [0.1, 0.15) is 25.0 Å². The molecule has 2 N–H and O–H groups in total. The summed E-state index contributed by atoms with van der Waals surface area (Å²) in [4.78, 5) is 12.1. The highest BCUT2D eigenvalue weighted by atomic mass is 35.5. The van der Waals surface area contributed by atoms with E-state index in [2.05, 4.69) is 10.6 Å². The number of amides is 1. The summed E-state index contributed by atoms with van der Waals surface area (Å²) in [6.45, 7) is 5.50. The van der Waals surface area contributed by atoms with Gasteiger partial charge >= 0.3 is 6.18 Å². The van der Waals surface area contributed by atoms with Crippen LogP contribution in [0.2, 0.25) is 0 Å². The second-order valence-electron chi connectivity index (χ2n) is 6.02. The van der Waals surface area contributed by atoms with Crippen molar-refractivity contribution in [2.24, 2.45) is 11.8 Å². The minimum Gasteiger partial charge on any atom is -0.353 e. The maximum absolute atomic E-state index is 12.5. The first-order chi connectivity index (χ1) is 10.3. The summed E-state index contributed by atoms with van der Waals surface area (Å²) < 4.78 is 37.5. The van der Waals surface area contributed by atoms with Crippen LogP contribution in [0.3, 0.4) is 0 Å². The van der Waals surface area contributed by atoms with E-state index in [1.165, 1.54) is 12.1 Å². The average Bonchev–Trinajstić information content (AvgIpc) is 2.35. The second kappa shape index (κ2) is 8.02. The van der Waals surface area contributed by atoms with E-state index in [-0.39, 0.29) is 30.3 Å². The molecule has 1 aromatic rings. The van der Waals surface area contributed by atoms with Crippen molar-refractivity contribution in [3.63, 3.8) is 0 Å². The van der Waals surface area contributed by atoms with Gasteiger partial charge in [0.25, 0.3) is 0 Å². The number of hydrogen-bond acceptors (Lipinski definition) is 2. The monoisotopic (exact) mass is 350 g/mol. The number of hydrogen-bond donors (Lipinski definition) is 2. The molecule has 0 spiro atoms. The van der Waals surface area contributed by atoms with E-state index < -0.39 is 11.7 Å². The van der Waals surface area contributed by atoms with Crippen molar-refractivity contribution in [1.29, 1.82) is 0 Å². The molecule has 0 aromatic heterocycles. The van der Waals surface area contributed by atoms with Crippen LogP contribution < -0.4 is 10.6 Å². The Morgan fingerprint density at radius 3 is 2.26 bits per heavy atom. The molecule has 0 saturated carbocycles. The van der Waals surface area contributed by atoms with E-state index in [9.17, 15) is 18.0 Å². The van der Waals surface area contributed by atoms with Gasteiger partial charge in [0.05, 0.1) is 5.56 Å². The molecule has 0 aliphatic carbocycles. The summed E-state index contributed by atoms with van der Waals surface area (Å²) in [6, 6.07) is 4.97. The lowest BCUT2D eigenvalue weighted by Gasteiger charge is -2.32. The van der Waals surface area contributed by atoms with Gasteiger partial charge in [0, 0.05) is 12.0 Å². The highest BCUT2D eigenvalue weighted by Gasteiger charge is 2.30. The highest BCUT2D eigenvalue weighted by molar-refractivity contribution is 5.85. The quantitative estimate of drug-likeness (QED) is 0.857. The Kier molecular flexibility index (Phi) is 6.89. The van der Waals surface area contributed by atoms with Gasteiger partial charge in [-0.1, -0.05) is 19.1 Å². The third-order valence-electron chi connectivity index (χ3n) is 4.15. The summed E-state index contributed by atoms with van der Waals surface area (Å²) in [5, 5.41) is 6.07. The maximum atomic E-state index is 12.5. The van der Waals surface area contributed by atoms with Gasteiger partial charge < -0.3 is 10.6 Å². The number of halogens is 4. The van der Waals surface area contributed by atoms with Crippen molar-refractivity contribution < 1.29 is 18.0 Å². The van der Waals surface area contributed by atoms with Gasteiger partial charge in [-0.15, -0.1) is 12.4 Å². The van der Waals surface area contributed by atoms with Crippen molar-refractivity contribution in [3.05, 3.63) is 35.4 Å². The van der Waals surface area contributed by atoms with E-state index in [1.807, 2.05) is 13.8 Å². The van der Waals surface area contributed by atoms with Crippen molar-refractivity contribution >= 4 is 18.3 Å². The van der Waals surface area contributed by atoms with Crippen molar-refractivity contribution in [1.82, 2.24) is 10.6 Å². The fourth-order valence-electron chi connectivity index (χ4n) is 2.49. The predicted molar refractivity (Wildman–Crippen MR) is 85.5 cm³/mol. The number of carbonyl (C=O) groups is 1. The number of rotatable bonds is 5. The molecule has 1 saturated heterocycles. The summed E-state index contributed by atoms with van der Waals surface area (Å²) in [7, 11) is 0. The number of alkyl halides is 3. The van der Waals surface area contributed by atoms with Crippen LogP contribution >= 0.6 is 12.4 Å². The molecule has 1 aliphatic rings. The molecule has 130 valence electrons. The van der Waals surface area contributed by atoms with E-state index in [0.29, 0.717) is 12.3 Å². The normalized spacial score (nSPS) is 17.6. The molecule has 7 heteroatoms. The minimum atomic E-state index is -4.31. The molecule has 2 rings (SSSR count). The lowest BCUT2D eigenvalue weighted by atomic mass is 9.88. The van der Waals surface area contributed by atoms with Crippen LogP contribution in [-0.2, 0) is 17.4 Å².